The zero-order valence-corrected chi connectivity index (χ0v) is 9.30. The molecule has 0 bridgehead atoms. The predicted octanol–water partition coefficient (Wildman–Crippen LogP) is 2.33. The third kappa shape index (κ3) is 2.63. The number of hydrogen-bond donors (Lipinski definition) is 0. The van der Waals surface area contributed by atoms with E-state index in [0.717, 1.165) is 25.9 Å². The summed E-state index contributed by atoms with van der Waals surface area (Å²) in [7, 11) is -1.11. The van der Waals surface area contributed by atoms with Crippen LogP contribution in [0.25, 0.3) is 0 Å². The smallest absolute Gasteiger partial charge is 0.127 e. The van der Waals surface area contributed by atoms with Crippen molar-refractivity contribution in [3.8, 4) is 0 Å². The molecule has 1 atom stereocenters. The minimum absolute atomic E-state index is 0.283. The van der Waals surface area contributed by atoms with E-state index in [1.54, 1.807) is 12.1 Å². The molecule has 0 aliphatic carbocycles. The molecule has 0 N–H and O–H groups in total. The second kappa shape index (κ2) is 4.86. The van der Waals surface area contributed by atoms with E-state index in [0.29, 0.717) is 4.90 Å². The van der Waals surface area contributed by atoms with Gasteiger partial charge >= 0.3 is 0 Å². The first-order chi connectivity index (χ1) is 7.27. The van der Waals surface area contributed by atoms with E-state index in [2.05, 4.69) is 0 Å². The molecular formula is C11H14FNOS. The van der Waals surface area contributed by atoms with Gasteiger partial charge in [0.05, 0.1) is 4.90 Å². The molecule has 1 aromatic carbocycles. The highest BCUT2D eigenvalue weighted by Crippen LogP contribution is 2.16. The van der Waals surface area contributed by atoms with Crippen LogP contribution in [0.2, 0.25) is 0 Å². The number of benzene rings is 1. The van der Waals surface area contributed by atoms with E-state index in [9.17, 15) is 8.60 Å². The van der Waals surface area contributed by atoms with Crippen molar-refractivity contribution in [3.05, 3.63) is 30.1 Å². The average molecular weight is 227 g/mol. The summed E-state index contributed by atoms with van der Waals surface area (Å²) in [6.07, 6.45) is 3.43. The lowest BCUT2D eigenvalue weighted by molar-refractivity contribution is 0.365. The molecule has 1 saturated heterocycles. The third-order valence-electron chi connectivity index (χ3n) is 2.56. The second-order valence-corrected chi connectivity index (χ2v) is 5.18. The highest BCUT2D eigenvalue weighted by Gasteiger charge is 2.17. The fourth-order valence-electron chi connectivity index (χ4n) is 1.73. The van der Waals surface area contributed by atoms with Gasteiger partial charge in [-0.05, 0) is 37.1 Å². The Morgan fingerprint density at radius 3 is 2.27 bits per heavy atom. The van der Waals surface area contributed by atoms with Gasteiger partial charge in [0.25, 0.3) is 0 Å². The minimum Gasteiger partial charge on any atom is -0.237 e. The molecule has 1 aliphatic heterocycles. The number of piperidine rings is 1. The number of halogens is 1. The van der Waals surface area contributed by atoms with Crippen LogP contribution in [0.5, 0.6) is 0 Å². The minimum atomic E-state index is -1.11. The molecule has 1 aliphatic rings. The van der Waals surface area contributed by atoms with Crippen molar-refractivity contribution in [1.29, 1.82) is 0 Å². The van der Waals surface area contributed by atoms with Gasteiger partial charge in [0.2, 0.25) is 0 Å². The molecule has 2 nitrogen and oxygen atoms in total. The summed E-state index contributed by atoms with van der Waals surface area (Å²) < 4.78 is 26.7. The van der Waals surface area contributed by atoms with Gasteiger partial charge in [-0.2, -0.15) is 0 Å². The number of nitrogens with zero attached hydrogens (tertiary/aromatic N) is 1. The molecular weight excluding hydrogens is 213 g/mol. The van der Waals surface area contributed by atoms with Crippen molar-refractivity contribution in [3.63, 3.8) is 0 Å². The summed E-state index contributed by atoms with van der Waals surface area (Å²) in [4.78, 5) is 0.693. The number of rotatable bonds is 2. The maximum Gasteiger partial charge on any atom is 0.127 e. The zero-order valence-electron chi connectivity index (χ0n) is 8.49. The second-order valence-electron chi connectivity index (χ2n) is 3.69. The van der Waals surface area contributed by atoms with Gasteiger partial charge < -0.3 is 0 Å². The summed E-state index contributed by atoms with van der Waals surface area (Å²) in [5.74, 6) is -0.283. The Kier molecular flexibility index (Phi) is 3.49. The van der Waals surface area contributed by atoms with E-state index in [1.165, 1.54) is 18.6 Å². The summed E-state index contributed by atoms with van der Waals surface area (Å²) in [6.45, 7) is 1.76. The van der Waals surface area contributed by atoms with Gasteiger partial charge in [-0.25, -0.2) is 12.9 Å². The summed E-state index contributed by atoms with van der Waals surface area (Å²) in [5, 5.41) is 0. The van der Waals surface area contributed by atoms with Crippen molar-refractivity contribution < 1.29 is 8.60 Å². The zero-order chi connectivity index (χ0) is 10.7. The molecule has 1 fully saturated rings. The first-order valence-corrected chi connectivity index (χ1v) is 6.30. The highest BCUT2D eigenvalue weighted by molar-refractivity contribution is 7.82. The lowest BCUT2D eigenvalue weighted by atomic mass is 10.2. The van der Waals surface area contributed by atoms with Crippen molar-refractivity contribution in [2.45, 2.75) is 24.2 Å². The van der Waals surface area contributed by atoms with Crippen molar-refractivity contribution in [2.75, 3.05) is 13.1 Å². The number of hydrogen-bond acceptors (Lipinski definition) is 1. The highest BCUT2D eigenvalue weighted by atomic mass is 32.2. The Morgan fingerprint density at radius 2 is 1.67 bits per heavy atom. The van der Waals surface area contributed by atoms with Gasteiger partial charge in [0.1, 0.15) is 16.8 Å². The first kappa shape index (κ1) is 10.8. The van der Waals surface area contributed by atoms with E-state index in [1.807, 2.05) is 4.31 Å². The van der Waals surface area contributed by atoms with Gasteiger partial charge in [-0.15, -0.1) is 0 Å². The molecule has 4 heteroatoms. The van der Waals surface area contributed by atoms with Crippen LogP contribution in [0.15, 0.2) is 29.2 Å². The van der Waals surface area contributed by atoms with Crippen LogP contribution in [0, 0.1) is 5.82 Å². The third-order valence-corrected chi connectivity index (χ3v) is 4.07. The lowest BCUT2D eigenvalue weighted by Gasteiger charge is -2.24. The Balaban J connectivity index is 2.09. The molecule has 15 heavy (non-hydrogen) atoms. The molecule has 2 rings (SSSR count). The molecule has 0 saturated carbocycles. The summed E-state index contributed by atoms with van der Waals surface area (Å²) in [5.41, 5.74) is 0. The molecule has 1 aromatic rings. The Morgan fingerprint density at radius 1 is 1.07 bits per heavy atom. The van der Waals surface area contributed by atoms with E-state index in [4.69, 9.17) is 0 Å². The van der Waals surface area contributed by atoms with E-state index < -0.39 is 11.0 Å². The van der Waals surface area contributed by atoms with Crippen LogP contribution < -0.4 is 0 Å². The van der Waals surface area contributed by atoms with E-state index >= 15 is 0 Å². The van der Waals surface area contributed by atoms with Crippen LogP contribution in [-0.4, -0.2) is 21.6 Å². The predicted molar refractivity (Wildman–Crippen MR) is 58.2 cm³/mol. The van der Waals surface area contributed by atoms with Crippen LogP contribution in [0.4, 0.5) is 4.39 Å². The monoisotopic (exact) mass is 227 g/mol. The lowest BCUT2D eigenvalue weighted by Crippen LogP contribution is -2.31. The molecule has 1 heterocycles. The van der Waals surface area contributed by atoms with Gasteiger partial charge in [0, 0.05) is 13.1 Å². The van der Waals surface area contributed by atoms with Crippen LogP contribution in [-0.2, 0) is 11.0 Å². The molecule has 82 valence electrons. The van der Waals surface area contributed by atoms with Crippen molar-refractivity contribution in [2.24, 2.45) is 0 Å². The maximum absolute atomic E-state index is 12.7. The summed E-state index contributed by atoms with van der Waals surface area (Å²) in [6, 6.07) is 5.91. The fourth-order valence-corrected chi connectivity index (χ4v) is 2.99. The standard InChI is InChI=1S/C11H14FNOS/c12-10-4-6-11(7-5-10)15(14)13-8-2-1-3-9-13/h4-7H,1-3,8-9H2. The maximum atomic E-state index is 12.7. The Labute approximate surface area is 91.7 Å². The van der Waals surface area contributed by atoms with Crippen LogP contribution in [0.1, 0.15) is 19.3 Å². The molecule has 0 aromatic heterocycles. The van der Waals surface area contributed by atoms with Crippen LogP contribution in [0.3, 0.4) is 0 Å². The molecule has 1 unspecified atom stereocenters. The van der Waals surface area contributed by atoms with Gasteiger partial charge in [0.15, 0.2) is 0 Å². The van der Waals surface area contributed by atoms with Crippen molar-refractivity contribution >= 4 is 11.0 Å². The van der Waals surface area contributed by atoms with E-state index in [-0.39, 0.29) is 5.82 Å². The normalized spacial score (nSPS) is 20.1. The first-order valence-electron chi connectivity index (χ1n) is 5.20. The largest absolute Gasteiger partial charge is 0.237 e. The summed E-state index contributed by atoms with van der Waals surface area (Å²) >= 11 is 0. The SMILES string of the molecule is O=S(c1ccc(F)cc1)N1CCCCC1. The Hall–Kier alpha value is -0.740. The fraction of sp³-hybridized carbons (Fsp3) is 0.455. The molecule has 0 spiro atoms. The van der Waals surface area contributed by atoms with Crippen molar-refractivity contribution in [1.82, 2.24) is 4.31 Å². The van der Waals surface area contributed by atoms with Gasteiger partial charge in [-0.1, -0.05) is 6.42 Å². The molecule has 0 radical (unpaired) electrons. The van der Waals surface area contributed by atoms with Crippen LogP contribution >= 0.6 is 0 Å². The quantitative estimate of drug-likeness (QED) is 0.759. The average Bonchev–Trinajstić information content (AvgIpc) is 2.30. The Bertz CT molecular complexity index is 346. The molecule has 0 amide bonds. The topological polar surface area (TPSA) is 20.3 Å². The van der Waals surface area contributed by atoms with Gasteiger partial charge in [-0.3, -0.25) is 0 Å².